The molecular weight excluding hydrogens is 450 g/mol. The Balaban J connectivity index is 1.32. The van der Waals surface area contributed by atoms with Crippen LogP contribution in [0, 0.1) is 0 Å². The quantitative estimate of drug-likeness (QED) is 0.419. The second-order valence-corrected chi connectivity index (χ2v) is 9.90. The van der Waals surface area contributed by atoms with Gasteiger partial charge in [0.25, 0.3) is 0 Å². The number of rotatable bonds is 7. The lowest BCUT2D eigenvalue weighted by atomic mass is 10.1. The summed E-state index contributed by atoms with van der Waals surface area (Å²) < 4.78 is 11.3. The summed E-state index contributed by atoms with van der Waals surface area (Å²) in [7, 11) is 0. The summed E-state index contributed by atoms with van der Waals surface area (Å²) in [4.78, 5) is 23.7. The summed E-state index contributed by atoms with van der Waals surface area (Å²) in [6.45, 7) is 8.43. The first-order chi connectivity index (χ1) is 16.2. The van der Waals surface area contributed by atoms with Gasteiger partial charge < -0.3 is 9.47 Å². The van der Waals surface area contributed by atoms with Crippen molar-refractivity contribution in [3.05, 3.63) is 76.6 Å². The highest BCUT2D eigenvalue weighted by Crippen LogP contribution is 2.24. The molecule has 0 atom stereocenters. The van der Waals surface area contributed by atoms with Gasteiger partial charge in [0, 0.05) is 48.4 Å². The molecule has 7 heteroatoms. The highest BCUT2D eigenvalue weighted by molar-refractivity contribution is 6.30. The van der Waals surface area contributed by atoms with Crippen LogP contribution < -0.4 is 4.74 Å². The van der Waals surface area contributed by atoms with Crippen LogP contribution in [0.5, 0.6) is 5.75 Å². The molecule has 178 valence electrons. The zero-order valence-electron chi connectivity index (χ0n) is 19.9. The molecule has 3 aromatic rings. The first kappa shape index (κ1) is 24.2. The van der Waals surface area contributed by atoms with Crippen LogP contribution in [0.3, 0.4) is 0 Å². The van der Waals surface area contributed by atoms with Crippen molar-refractivity contribution < 1.29 is 14.3 Å². The Morgan fingerprint density at radius 2 is 1.82 bits per heavy atom. The molecule has 0 unspecified atom stereocenters. The Morgan fingerprint density at radius 3 is 2.53 bits per heavy atom. The number of ether oxygens (including phenoxy) is 2. The maximum absolute atomic E-state index is 12.0. The Hall–Kier alpha value is -2.96. The Bertz CT molecular complexity index is 1130. The van der Waals surface area contributed by atoms with Crippen LogP contribution in [-0.4, -0.2) is 39.5 Å². The lowest BCUT2D eigenvalue weighted by Crippen LogP contribution is -2.34. The highest BCUT2D eigenvalue weighted by atomic mass is 35.5. The van der Waals surface area contributed by atoms with E-state index in [1.54, 1.807) is 0 Å². The van der Waals surface area contributed by atoms with Gasteiger partial charge in [0.2, 0.25) is 0 Å². The molecule has 0 spiro atoms. The maximum atomic E-state index is 12.0. The molecule has 1 aliphatic heterocycles. The molecule has 2 heterocycles. The molecule has 34 heavy (non-hydrogen) atoms. The molecule has 0 radical (unpaired) electrons. The average molecular weight is 480 g/mol. The molecule has 0 saturated heterocycles. The monoisotopic (exact) mass is 479 g/mol. The van der Waals surface area contributed by atoms with Crippen molar-refractivity contribution in [1.29, 1.82) is 0 Å². The lowest BCUT2D eigenvalue weighted by Gasteiger charge is -2.28. The van der Waals surface area contributed by atoms with Crippen LogP contribution in [-0.2, 0) is 29.1 Å². The molecule has 0 saturated carbocycles. The van der Waals surface area contributed by atoms with E-state index in [4.69, 9.17) is 26.1 Å². The Labute approximate surface area is 205 Å². The van der Waals surface area contributed by atoms with Gasteiger partial charge in [-0.1, -0.05) is 23.7 Å². The van der Waals surface area contributed by atoms with Gasteiger partial charge in [-0.25, -0.2) is 9.97 Å². The van der Waals surface area contributed by atoms with Crippen LogP contribution in [0.25, 0.3) is 11.4 Å². The second kappa shape index (κ2) is 10.5. The van der Waals surface area contributed by atoms with E-state index in [0.717, 1.165) is 47.6 Å². The number of halogens is 1. The number of hydrogen-bond donors (Lipinski definition) is 0. The molecule has 0 fully saturated rings. The first-order valence-corrected chi connectivity index (χ1v) is 11.9. The van der Waals surface area contributed by atoms with Gasteiger partial charge in [-0.3, -0.25) is 9.69 Å². The molecule has 6 nitrogen and oxygen atoms in total. The van der Waals surface area contributed by atoms with Crippen LogP contribution in [0.4, 0.5) is 0 Å². The summed E-state index contributed by atoms with van der Waals surface area (Å²) in [5.74, 6) is 1.34. The van der Waals surface area contributed by atoms with Crippen molar-refractivity contribution in [3.8, 4) is 17.1 Å². The third-order valence-electron chi connectivity index (χ3n) is 5.50. The van der Waals surface area contributed by atoms with E-state index < -0.39 is 5.60 Å². The van der Waals surface area contributed by atoms with Crippen molar-refractivity contribution in [2.45, 2.75) is 52.4 Å². The SMILES string of the molecule is CC(C)(C)OC(=O)CCN1CCc2nc(-c3ccc(OCc4ccc(Cl)cc4)cc3)ncc2C1. The predicted octanol–water partition coefficient (Wildman–Crippen LogP) is 5.47. The van der Waals surface area contributed by atoms with Crippen molar-refractivity contribution in [3.63, 3.8) is 0 Å². The van der Waals surface area contributed by atoms with Crippen LogP contribution in [0.2, 0.25) is 5.02 Å². The standard InChI is InChI=1S/C27H30ClN3O3/c1-27(2,3)34-25(32)13-15-31-14-12-24-21(17-31)16-29-26(30-24)20-6-10-23(11-7-20)33-18-19-4-8-22(28)9-5-19/h4-11,16H,12-15,17-18H2,1-3H3. The number of esters is 1. The molecule has 4 rings (SSSR count). The predicted molar refractivity (Wildman–Crippen MR) is 133 cm³/mol. The van der Waals surface area contributed by atoms with Crippen molar-refractivity contribution >= 4 is 17.6 Å². The maximum Gasteiger partial charge on any atom is 0.307 e. The number of fused-ring (bicyclic) bond motifs is 1. The van der Waals surface area contributed by atoms with E-state index in [2.05, 4.69) is 9.88 Å². The van der Waals surface area contributed by atoms with Gasteiger partial charge in [-0.15, -0.1) is 0 Å². The van der Waals surface area contributed by atoms with Gasteiger partial charge in [-0.05, 0) is 62.7 Å². The van der Waals surface area contributed by atoms with E-state index in [1.807, 2.05) is 75.5 Å². The summed E-state index contributed by atoms with van der Waals surface area (Å²) in [6, 6.07) is 15.5. The van der Waals surface area contributed by atoms with Crippen molar-refractivity contribution in [2.75, 3.05) is 13.1 Å². The first-order valence-electron chi connectivity index (χ1n) is 11.5. The molecule has 0 bridgehead atoms. The average Bonchev–Trinajstić information content (AvgIpc) is 2.81. The van der Waals surface area contributed by atoms with E-state index in [0.29, 0.717) is 30.4 Å². The van der Waals surface area contributed by atoms with Crippen molar-refractivity contribution in [1.82, 2.24) is 14.9 Å². The van der Waals surface area contributed by atoms with E-state index >= 15 is 0 Å². The normalized spacial score (nSPS) is 13.9. The summed E-state index contributed by atoms with van der Waals surface area (Å²) in [5.41, 5.74) is 3.75. The van der Waals surface area contributed by atoms with Gasteiger partial charge in [0.05, 0.1) is 12.1 Å². The molecular formula is C27H30ClN3O3. The van der Waals surface area contributed by atoms with E-state index in [9.17, 15) is 4.79 Å². The summed E-state index contributed by atoms with van der Waals surface area (Å²) in [5, 5.41) is 0.715. The minimum absolute atomic E-state index is 0.162. The zero-order chi connectivity index (χ0) is 24.1. The minimum atomic E-state index is -0.448. The largest absolute Gasteiger partial charge is 0.489 e. The molecule has 0 aliphatic carbocycles. The van der Waals surface area contributed by atoms with Gasteiger partial charge >= 0.3 is 5.97 Å². The number of carbonyl (C=O) groups excluding carboxylic acids is 1. The fraction of sp³-hybridized carbons (Fsp3) is 0.370. The minimum Gasteiger partial charge on any atom is -0.489 e. The van der Waals surface area contributed by atoms with Crippen molar-refractivity contribution in [2.24, 2.45) is 0 Å². The lowest BCUT2D eigenvalue weighted by molar-refractivity contribution is -0.155. The fourth-order valence-corrected chi connectivity index (χ4v) is 3.92. The summed E-state index contributed by atoms with van der Waals surface area (Å²) in [6.07, 6.45) is 3.13. The van der Waals surface area contributed by atoms with Gasteiger partial charge in [0.1, 0.15) is 18.0 Å². The number of nitrogens with zero attached hydrogens (tertiary/aromatic N) is 3. The molecule has 2 aromatic carbocycles. The van der Waals surface area contributed by atoms with Crippen LogP contribution >= 0.6 is 11.6 Å². The number of aromatic nitrogens is 2. The van der Waals surface area contributed by atoms with Gasteiger partial charge in [-0.2, -0.15) is 0 Å². The number of hydrogen-bond acceptors (Lipinski definition) is 6. The van der Waals surface area contributed by atoms with E-state index in [-0.39, 0.29) is 5.97 Å². The molecule has 1 aliphatic rings. The van der Waals surface area contributed by atoms with Crippen LogP contribution in [0.1, 0.15) is 44.0 Å². The highest BCUT2D eigenvalue weighted by Gasteiger charge is 2.21. The Morgan fingerprint density at radius 1 is 1.09 bits per heavy atom. The number of carbonyl (C=O) groups is 1. The third kappa shape index (κ3) is 6.78. The zero-order valence-corrected chi connectivity index (χ0v) is 20.6. The van der Waals surface area contributed by atoms with Crippen LogP contribution in [0.15, 0.2) is 54.7 Å². The van der Waals surface area contributed by atoms with Gasteiger partial charge in [0.15, 0.2) is 5.82 Å². The van der Waals surface area contributed by atoms with E-state index in [1.165, 1.54) is 0 Å². The molecule has 0 amide bonds. The molecule has 0 N–H and O–H groups in total. The molecule has 1 aromatic heterocycles. The number of benzene rings is 2. The Kier molecular flexibility index (Phi) is 7.49. The second-order valence-electron chi connectivity index (χ2n) is 9.47. The third-order valence-corrected chi connectivity index (χ3v) is 5.75. The summed E-state index contributed by atoms with van der Waals surface area (Å²) >= 11 is 5.93. The topological polar surface area (TPSA) is 64.5 Å². The fourth-order valence-electron chi connectivity index (χ4n) is 3.79. The smallest absolute Gasteiger partial charge is 0.307 e.